The van der Waals surface area contributed by atoms with Gasteiger partial charge in [0.25, 0.3) is 0 Å². The highest BCUT2D eigenvalue weighted by atomic mass is 32.2. The molecule has 0 spiro atoms. The molecule has 1 atom stereocenters. The van der Waals surface area contributed by atoms with Crippen molar-refractivity contribution in [3.63, 3.8) is 0 Å². The number of esters is 1. The fraction of sp³-hybridized carbons (Fsp3) is 0.846. The maximum absolute atomic E-state index is 12.2. The lowest BCUT2D eigenvalue weighted by atomic mass is 10.1. The molecule has 1 amide bonds. The standard InChI is InChI=1S/C13H23NO5S/c1-3-4-5-12(15)14(8-6-13(16)19-2)11-7-9-20(17,18)10-11/h11H,3-10H2,1-2H3/t11-/m0/s1. The quantitative estimate of drug-likeness (QED) is 0.649. The molecule has 1 rings (SSSR count). The Balaban J connectivity index is 2.68. The van der Waals surface area contributed by atoms with Crippen LogP contribution in [0, 0.1) is 0 Å². The minimum atomic E-state index is -3.05. The number of ether oxygens (including phenoxy) is 1. The largest absolute Gasteiger partial charge is 0.469 e. The van der Waals surface area contributed by atoms with Crippen molar-refractivity contribution in [3.05, 3.63) is 0 Å². The molecule has 1 fully saturated rings. The van der Waals surface area contributed by atoms with Gasteiger partial charge in [-0.15, -0.1) is 0 Å². The zero-order valence-electron chi connectivity index (χ0n) is 12.1. The molecule has 0 radical (unpaired) electrons. The highest BCUT2D eigenvalue weighted by Gasteiger charge is 2.34. The normalized spacial score (nSPS) is 20.6. The average molecular weight is 305 g/mol. The van der Waals surface area contributed by atoms with E-state index in [2.05, 4.69) is 4.74 Å². The van der Waals surface area contributed by atoms with Crippen LogP contribution in [0.15, 0.2) is 0 Å². The van der Waals surface area contributed by atoms with Crippen LogP contribution in [0.25, 0.3) is 0 Å². The van der Waals surface area contributed by atoms with Crippen molar-refractivity contribution in [2.45, 2.75) is 45.1 Å². The molecule has 1 aliphatic heterocycles. The van der Waals surface area contributed by atoms with Gasteiger partial charge in [0.05, 0.1) is 25.0 Å². The van der Waals surface area contributed by atoms with E-state index in [1.807, 2.05) is 6.92 Å². The molecular weight excluding hydrogens is 282 g/mol. The molecule has 0 saturated carbocycles. The van der Waals surface area contributed by atoms with Crippen LogP contribution in [0.3, 0.4) is 0 Å². The van der Waals surface area contributed by atoms with Crippen LogP contribution in [-0.4, -0.2) is 56.4 Å². The first-order valence-electron chi connectivity index (χ1n) is 6.96. The molecule has 1 saturated heterocycles. The Morgan fingerprint density at radius 3 is 2.50 bits per heavy atom. The van der Waals surface area contributed by atoms with E-state index in [0.717, 1.165) is 12.8 Å². The predicted molar refractivity (Wildman–Crippen MR) is 74.9 cm³/mol. The lowest BCUT2D eigenvalue weighted by molar-refractivity contribution is -0.142. The van der Waals surface area contributed by atoms with Crippen LogP contribution in [0.1, 0.15) is 39.0 Å². The van der Waals surface area contributed by atoms with Gasteiger partial charge in [-0.2, -0.15) is 0 Å². The Kier molecular flexibility index (Phi) is 6.45. The first-order valence-corrected chi connectivity index (χ1v) is 8.78. The molecule has 1 heterocycles. The number of sulfone groups is 1. The highest BCUT2D eigenvalue weighted by molar-refractivity contribution is 7.91. The van der Waals surface area contributed by atoms with Crippen LogP contribution >= 0.6 is 0 Å². The van der Waals surface area contributed by atoms with Crippen molar-refractivity contribution in [2.75, 3.05) is 25.2 Å². The van der Waals surface area contributed by atoms with E-state index in [1.54, 1.807) is 4.90 Å². The number of carbonyl (C=O) groups is 2. The maximum Gasteiger partial charge on any atom is 0.307 e. The third-order valence-corrected chi connectivity index (χ3v) is 5.25. The minimum absolute atomic E-state index is 0.00599. The molecule has 6 nitrogen and oxygen atoms in total. The second-order valence-corrected chi connectivity index (χ2v) is 7.30. The zero-order chi connectivity index (χ0) is 15.2. The highest BCUT2D eigenvalue weighted by Crippen LogP contribution is 2.19. The van der Waals surface area contributed by atoms with Gasteiger partial charge in [0.15, 0.2) is 9.84 Å². The Labute approximate surface area is 120 Å². The van der Waals surface area contributed by atoms with Gasteiger partial charge in [-0.25, -0.2) is 8.42 Å². The van der Waals surface area contributed by atoms with E-state index < -0.39 is 9.84 Å². The Hall–Kier alpha value is -1.11. The van der Waals surface area contributed by atoms with Crippen molar-refractivity contribution in [2.24, 2.45) is 0 Å². The molecule has 0 aromatic carbocycles. The summed E-state index contributed by atoms with van der Waals surface area (Å²) in [6, 6.07) is -0.297. The van der Waals surface area contributed by atoms with E-state index in [0.29, 0.717) is 12.8 Å². The molecule has 0 aromatic heterocycles. The van der Waals surface area contributed by atoms with E-state index in [1.165, 1.54) is 7.11 Å². The van der Waals surface area contributed by atoms with Crippen LogP contribution in [0.4, 0.5) is 0 Å². The van der Waals surface area contributed by atoms with Crippen LogP contribution < -0.4 is 0 Å². The lowest BCUT2D eigenvalue weighted by Gasteiger charge is -2.28. The van der Waals surface area contributed by atoms with E-state index in [9.17, 15) is 18.0 Å². The van der Waals surface area contributed by atoms with Crippen molar-refractivity contribution < 1.29 is 22.7 Å². The number of carbonyl (C=O) groups excluding carboxylic acids is 2. The smallest absolute Gasteiger partial charge is 0.307 e. The fourth-order valence-electron chi connectivity index (χ4n) is 2.32. The van der Waals surface area contributed by atoms with Crippen LogP contribution in [0.5, 0.6) is 0 Å². The maximum atomic E-state index is 12.2. The fourth-order valence-corrected chi connectivity index (χ4v) is 4.05. The van der Waals surface area contributed by atoms with Crippen molar-refractivity contribution >= 4 is 21.7 Å². The van der Waals surface area contributed by atoms with Crippen molar-refractivity contribution in [1.29, 1.82) is 0 Å². The summed E-state index contributed by atoms with van der Waals surface area (Å²) in [7, 11) is -1.75. The van der Waals surface area contributed by atoms with Gasteiger partial charge < -0.3 is 9.64 Å². The number of amides is 1. The van der Waals surface area contributed by atoms with Gasteiger partial charge >= 0.3 is 5.97 Å². The summed E-state index contributed by atoms with van der Waals surface area (Å²) in [4.78, 5) is 24.9. The number of rotatable bonds is 7. The Morgan fingerprint density at radius 2 is 2.00 bits per heavy atom. The lowest BCUT2D eigenvalue weighted by Crippen LogP contribution is -2.42. The first-order chi connectivity index (χ1) is 9.39. The molecule has 20 heavy (non-hydrogen) atoms. The van der Waals surface area contributed by atoms with Crippen LogP contribution in [0.2, 0.25) is 0 Å². The summed E-state index contributed by atoms with van der Waals surface area (Å²) in [6.07, 6.45) is 2.63. The second-order valence-electron chi connectivity index (χ2n) is 5.07. The predicted octanol–water partition coefficient (Wildman–Crippen LogP) is 0.755. The number of hydrogen-bond donors (Lipinski definition) is 0. The molecule has 116 valence electrons. The molecular formula is C13H23NO5S. The third kappa shape index (κ3) is 5.11. The van der Waals surface area contributed by atoms with Crippen molar-refractivity contribution in [3.8, 4) is 0 Å². The summed E-state index contributed by atoms with van der Waals surface area (Å²) in [6.45, 7) is 2.22. The van der Waals surface area contributed by atoms with Gasteiger partial charge in [0.2, 0.25) is 5.91 Å². The molecule has 7 heteroatoms. The number of unbranched alkanes of at least 4 members (excludes halogenated alkanes) is 1. The third-order valence-electron chi connectivity index (χ3n) is 3.50. The number of methoxy groups -OCH3 is 1. The Morgan fingerprint density at radius 1 is 1.30 bits per heavy atom. The molecule has 0 N–H and O–H groups in total. The van der Waals surface area contributed by atoms with E-state index >= 15 is 0 Å². The van der Waals surface area contributed by atoms with E-state index in [-0.39, 0.29) is 42.4 Å². The molecule has 0 aliphatic carbocycles. The van der Waals surface area contributed by atoms with Gasteiger partial charge in [0.1, 0.15) is 0 Å². The van der Waals surface area contributed by atoms with Crippen LogP contribution in [-0.2, 0) is 24.2 Å². The molecule has 1 aliphatic rings. The van der Waals surface area contributed by atoms with Crippen molar-refractivity contribution in [1.82, 2.24) is 4.90 Å². The SMILES string of the molecule is CCCCC(=O)N(CCC(=O)OC)[C@H]1CCS(=O)(=O)C1. The molecule has 0 aromatic rings. The topological polar surface area (TPSA) is 80.8 Å². The number of nitrogens with zero attached hydrogens (tertiary/aromatic N) is 1. The minimum Gasteiger partial charge on any atom is -0.469 e. The van der Waals surface area contributed by atoms with E-state index in [4.69, 9.17) is 0 Å². The summed E-state index contributed by atoms with van der Waals surface area (Å²) < 4.78 is 27.7. The van der Waals surface area contributed by atoms with Gasteiger partial charge in [-0.05, 0) is 12.8 Å². The second kappa shape index (κ2) is 7.61. The average Bonchev–Trinajstić information content (AvgIpc) is 2.76. The van der Waals surface area contributed by atoms with Gasteiger partial charge in [0, 0.05) is 19.0 Å². The molecule has 0 bridgehead atoms. The summed E-state index contributed by atoms with van der Waals surface area (Å²) >= 11 is 0. The molecule has 0 unspecified atom stereocenters. The first kappa shape index (κ1) is 16.9. The summed E-state index contributed by atoms with van der Waals surface area (Å²) in [5.74, 6) is -0.337. The summed E-state index contributed by atoms with van der Waals surface area (Å²) in [5, 5.41) is 0. The zero-order valence-corrected chi connectivity index (χ0v) is 12.9. The van der Waals surface area contributed by atoms with Gasteiger partial charge in [-0.1, -0.05) is 13.3 Å². The van der Waals surface area contributed by atoms with Gasteiger partial charge in [-0.3, -0.25) is 9.59 Å². The monoisotopic (exact) mass is 305 g/mol. The number of hydrogen-bond acceptors (Lipinski definition) is 5. The summed E-state index contributed by atoms with van der Waals surface area (Å²) in [5.41, 5.74) is 0. The Bertz CT molecular complexity index is 446.